The van der Waals surface area contributed by atoms with Crippen molar-refractivity contribution >= 4 is 6.09 Å². The molecule has 0 unspecified atom stereocenters. The summed E-state index contributed by atoms with van der Waals surface area (Å²) in [6.07, 6.45) is 1.79. The number of ether oxygens (including phenoxy) is 1. The van der Waals surface area contributed by atoms with Gasteiger partial charge in [0.1, 0.15) is 0 Å². The number of methoxy groups -OCH3 is 1. The second kappa shape index (κ2) is 3.14. The molecule has 60 valence electrons. The van der Waals surface area contributed by atoms with E-state index in [1.807, 2.05) is 6.92 Å². The summed E-state index contributed by atoms with van der Waals surface area (Å²) in [4.78, 5) is 10.8. The molecule has 0 N–H and O–H groups in total. The van der Waals surface area contributed by atoms with E-state index in [9.17, 15) is 4.79 Å². The third kappa shape index (κ3) is 1.54. The van der Waals surface area contributed by atoms with Crippen molar-refractivity contribution in [2.45, 2.75) is 13.3 Å². The van der Waals surface area contributed by atoms with Crippen LogP contribution in [-0.2, 0) is 11.2 Å². The summed E-state index contributed by atoms with van der Waals surface area (Å²) in [6, 6.07) is 0. The maximum absolute atomic E-state index is 10.8. The summed E-state index contributed by atoms with van der Waals surface area (Å²) >= 11 is 0. The summed E-state index contributed by atoms with van der Waals surface area (Å²) in [5.41, 5.74) is 0.774. The zero-order chi connectivity index (χ0) is 8.27. The van der Waals surface area contributed by atoms with Gasteiger partial charge >= 0.3 is 6.09 Å². The van der Waals surface area contributed by atoms with Crippen molar-refractivity contribution in [3.63, 3.8) is 0 Å². The highest BCUT2D eigenvalue weighted by Gasteiger charge is 2.05. The first kappa shape index (κ1) is 7.71. The van der Waals surface area contributed by atoms with Crippen LogP contribution in [0.15, 0.2) is 6.20 Å². The number of carbonyl (C=O) groups is 1. The van der Waals surface area contributed by atoms with Crippen LogP contribution in [0.1, 0.15) is 12.6 Å². The molecule has 0 aromatic carbocycles. The standard InChI is InChI=1S/C6H9N3O2/c1-3-5-4-9(8-7-5)6(10)11-2/h4H,3H2,1-2H3. The summed E-state index contributed by atoms with van der Waals surface area (Å²) in [6.45, 7) is 1.94. The van der Waals surface area contributed by atoms with Crippen molar-refractivity contribution in [3.8, 4) is 0 Å². The smallest absolute Gasteiger partial charge is 0.435 e. The van der Waals surface area contributed by atoms with Gasteiger partial charge in [-0.3, -0.25) is 0 Å². The Balaban J connectivity index is 2.80. The Morgan fingerprint density at radius 1 is 1.82 bits per heavy atom. The van der Waals surface area contributed by atoms with Crippen LogP contribution in [-0.4, -0.2) is 28.2 Å². The van der Waals surface area contributed by atoms with E-state index < -0.39 is 6.09 Å². The zero-order valence-corrected chi connectivity index (χ0v) is 6.44. The molecular weight excluding hydrogens is 146 g/mol. The molecule has 5 heteroatoms. The Labute approximate surface area is 64.0 Å². The van der Waals surface area contributed by atoms with Gasteiger partial charge in [0.2, 0.25) is 0 Å². The van der Waals surface area contributed by atoms with Crippen molar-refractivity contribution in [3.05, 3.63) is 11.9 Å². The molecule has 0 amide bonds. The van der Waals surface area contributed by atoms with Gasteiger partial charge in [0.05, 0.1) is 19.0 Å². The van der Waals surface area contributed by atoms with Crippen molar-refractivity contribution in [1.82, 2.24) is 15.0 Å². The van der Waals surface area contributed by atoms with Crippen molar-refractivity contribution in [2.24, 2.45) is 0 Å². The number of carbonyl (C=O) groups excluding carboxylic acids is 1. The van der Waals surface area contributed by atoms with Crippen LogP contribution in [0, 0.1) is 0 Å². The molecule has 0 saturated heterocycles. The maximum atomic E-state index is 10.8. The fourth-order valence-electron chi connectivity index (χ4n) is 0.643. The summed E-state index contributed by atoms with van der Waals surface area (Å²) < 4.78 is 5.48. The van der Waals surface area contributed by atoms with Crippen LogP contribution >= 0.6 is 0 Å². The van der Waals surface area contributed by atoms with E-state index in [0.29, 0.717) is 0 Å². The summed E-state index contributed by atoms with van der Waals surface area (Å²) in [7, 11) is 1.30. The molecule has 0 radical (unpaired) electrons. The summed E-state index contributed by atoms with van der Waals surface area (Å²) in [5.74, 6) is 0. The van der Waals surface area contributed by atoms with Crippen LogP contribution in [0.2, 0.25) is 0 Å². The van der Waals surface area contributed by atoms with Gasteiger partial charge in [-0.1, -0.05) is 12.1 Å². The first-order chi connectivity index (χ1) is 5.27. The molecule has 1 rings (SSSR count). The first-order valence-electron chi connectivity index (χ1n) is 3.27. The average molecular weight is 155 g/mol. The molecule has 11 heavy (non-hydrogen) atoms. The Morgan fingerprint density at radius 2 is 2.55 bits per heavy atom. The fraction of sp³-hybridized carbons (Fsp3) is 0.500. The molecule has 0 fully saturated rings. The molecular formula is C6H9N3O2. The third-order valence-electron chi connectivity index (χ3n) is 1.26. The normalized spacial score (nSPS) is 9.64. The van der Waals surface area contributed by atoms with E-state index in [2.05, 4.69) is 15.0 Å². The second-order valence-electron chi connectivity index (χ2n) is 1.98. The number of hydrogen-bond donors (Lipinski definition) is 0. The van der Waals surface area contributed by atoms with E-state index >= 15 is 0 Å². The fourth-order valence-corrected chi connectivity index (χ4v) is 0.643. The lowest BCUT2D eigenvalue weighted by atomic mass is 10.4. The SMILES string of the molecule is CCc1cn(C(=O)OC)nn1. The van der Waals surface area contributed by atoms with E-state index in [4.69, 9.17) is 0 Å². The summed E-state index contributed by atoms with van der Waals surface area (Å²) in [5, 5.41) is 7.27. The van der Waals surface area contributed by atoms with Crippen LogP contribution in [0.4, 0.5) is 4.79 Å². The minimum Gasteiger partial charge on any atom is -0.451 e. The number of nitrogens with zero attached hydrogens (tertiary/aromatic N) is 3. The highest BCUT2D eigenvalue weighted by atomic mass is 16.5. The van der Waals surface area contributed by atoms with Crippen LogP contribution in [0.3, 0.4) is 0 Å². The van der Waals surface area contributed by atoms with Gasteiger partial charge in [0, 0.05) is 0 Å². The minimum absolute atomic E-state index is 0.516. The predicted molar refractivity (Wildman–Crippen MR) is 37.2 cm³/mol. The first-order valence-corrected chi connectivity index (χ1v) is 3.27. The zero-order valence-electron chi connectivity index (χ0n) is 6.44. The molecule has 0 spiro atoms. The van der Waals surface area contributed by atoms with Crippen LogP contribution < -0.4 is 0 Å². The lowest BCUT2D eigenvalue weighted by molar-refractivity contribution is 0.168. The lowest BCUT2D eigenvalue weighted by Gasteiger charge is -1.93. The van der Waals surface area contributed by atoms with Crippen LogP contribution in [0.5, 0.6) is 0 Å². The number of aromatic nitrogens is 3. The molecule has 0 aliphatic rings. The topological polar surface area (TPSA) is 57.0 Å². The number of aryl methyl sites for hydroxylation is 1. The van der Waals surface area contributed by atoms with Gasteiger partial charge in [-0.05, 0) is 6.42 Å². The lowest BCUT2D eigenvalue weighted by Crippen LogP contribution is -2.11. The van der Waals surface area contributed by atoms with Gasteiger partial charge in [0.25, 0.3) is 0 Å². The van der Waals surface area contributed by atoms with Crippen molar-refractivity contribution in [2.75, 3.05) is 7.11 Å². The Kier molecular flexibility index (Phi) is 2.20. The monoisotopic (exact) mass is 155 g/mol. The van der Waals surface area contributed by atoms with Gasteiger partial charge in [-0.25, -0.2) is 4.79 Å². The Morgan fingerprint density at radius 3 is 3.00 bits per heavy atom. The van der Waals surface area contributed by atoms with E-state index in [1.165, 1.54) is 7.11 Å². The van der Waals surface area contributed by atoms with Crippen LogP contribution in [0.25, 0.3) is 0 Å². The minimum atomic E-state index is -0.516. The highest BCUT2D eigenvalue weighted by Crippen LogP contribution is 1.93. The van der Waals surface area contributed by atoms with Gasteiger partial charge in [-0.2, -0.15) is 4.68 Å². The number of rotatable bonds is 1. The van der Waals surface area contributed by atoms with E-state index in [0.717, 1.165) is 16.8 Å². The molecule has 0 bridgehead atoms. The Bertz CT molecular complexity index is 256. The van der Waals surface area contributed by atoms with E-state index in [-0.39, 0.29) is 0 Å². The predicted octanol–water partition coefficient (Wildman–Crippen LogP) is 0.455. The molecule has 1 aromatic rings. The Hall–Kier alpha value is -1.39. The highest BCUT2D eigenvalue weighted by molar-refractivity contribution is 5.68. The third-order valence-corrected chi connectivity index (χ3v) is 1.26. The van der Waals surface area contributed by atoms with Gasteiger partial charge in [-0.15, -0.1) is 5.10 Å². The molecule has 0 aliphatic heterocycles. The number of hydrogen-bond acceptors (Lipinski definition) is 4. The van der Waals surface area contributed by atoms with E-state index in [1.54, 1.807) is 6.20 Å². The van der Waals surface area contributed by atoms with Crippen molar-refractivity contribution < 1.29 is 9.53 Å². The quantitative estimate of drug-likeness (QED) is 0.591. The van der Waals surface area contributed by atoms with Gasteiger partial charge < -0.3 is 4.74 Å². The maximum Gasteiger partial charge on any atom is 0.435 e. The van der Waals surface area contributed by atoms with Crippen molar-refractivity contribution in [1.29, 1.82) is 0 Å². The molecule has 0 atom stereocenters. The van der Waals surface area contributed by atoms with Gasteiger partial charge in [0.15, 0.2) is 0 Å². The largest absolute Gasteiger partial charge is 0.451 e. The molecule has 0 aliphatic carbocycles. The molecule has 1 heterocycles. The average Bonchev–Trinajstić information content (AvgIpc) is 2.50. The second-order valence-corrected chi connectivity index (χ2v) is 1.98. The molecule has 0 saturated carbocycles. The molecule has 1 aromatic heterocycles. The molecule has 5 nitrogen and oxygen atoms in total.